The number of nitrogens with one attached hydrogen (secondary N) is 1. The summed E-state index contributed by atoms with van der Waals surface area (Å²) >= 11 is 0. The van der Waals surface area contributed by atoms with Gasteiger partial charge in [-0.05, 0) is 26.0 Å². The molecule has 0 bridgehead atoms. The Labute approximate surface area is 105 Å². The summed E-state index contributed by atoms with van der Waals surface area (Å²) in [5, 5.41) is 23.2. The standard InChI is InChI=1S/C10H18N8/c1-10(2,3)11-5-8-6-18(16-12-8)7-9-13-15-17(4)14-9/h6,11H,5,7H2,1-4H3. The lowest BCUT2D eigenvalue weighted by Gasteiger charge is -2.19. The molecule has 98 valence electrons. The van der Waals surface area contributed by atoms with Gasteiger partial charge in [0.25, 0.3) is 0 Å². The molecule has 0 aliphatic carbocycles. The summed E-state index contributed by atoms with van der Waals surface area (Å²) in [6.07, 6.45) is 1.88. The van der Waals surface area contributed by atoms with Crippen molar-refractivity contribution >= 4 is 0 Å². The highest BCUT2D eigenvalue weighted by Crippen LogP contribution is 2.02. The molecule has 8 nitrogen and oxygen atoms in total. The Morgan fingerprint density at radius 3 is 2.61 bits per heavy atom. The molecule has 0 atom stereocenters. The Morgan fingerprint density at radius 2 is 2.00 bits per heavy atom. The van der Waals surface area contributed by atoms with E-state index in [1.165, 1.54) is 4.80 Å². The number of tetrazole rings is 1. The Morgan fingerprint density at radius 1 is 1.22 bits per heavy atom. The number of nitrogens with zero attached hydrogens (tertiary/aromatic N) is 7. The van der Waals surface area contributed by atoms with E-state index in [1.807, 2.05) is 6.20 Å². The minimum Gasteiger partial charge on any atom is -0.306 e. The first-order valence-corrected chi connectivity index (χ1v) is 5.79. The van der Waals surface area contributed by atoms with E-state index in [-0.39, 0.29) is 5.54 Å². The van der Waals surface area contributed by atoms with Crippen molar-refractivity contribution in [3.63, 3.8) is 0 Å². The van der Waals surface area contributed by atoms with Gasteiger partial charge in [-0.3, -0.25) is 0 Å². The molecule has 0 aliphatic heterocycles. The van der Waals surface area contributed by atoms with Crippen molar-refractivity contribution in [1.29, 1.82) is 0 Å². The lowest BCUT2D eigenvalue weighted by atomic mass is 10.1. The number of aryl methyl sites for hydroxylation is 1. The van der Waals surface area contributed by atoms with Crippen molar-refractivity contribution in [2.45, 2.75) is 39.4 Å². The Kier molecular flexibility index (Phi) is 3.37. The third-order valence-electron chi connectivity index (χ3n) is 2.24. The monoisotopic (exact) mass is 250 g/mol. The van der Waals surface area contributed by atoms with Crippen LogP contribution in [0.2, 0.25) is 0 Å². The fourth-order valence-corrected chi connectivity index (χ4v) is 1.38. The van der Waals surface area contributed by atoms with Gasteiger partial charge in [-0.25, -0.2) is 4.68 Å². The van der Waals surface area contributed by atoms with Crippen LogP contribution in [0.4, 0.5) is 0 Å². The summed E-state index contributed by atoms with van der Waals surface area (Å²) < 4.78 is 1.71. The quantitative estimate of drug-likeness (QED) is 0.804. The maximum atomic E-state index is 4.09. The van der Waals surface area contributed by atoms with Gasteiger partial charge in [0.2, 0.25) is 0 Å². The SMILES string of the molecule is Cn1nnc(Cn2cc(CNC(C)(C)C)nn2)n1. The second-order valence-electron chi connectivity index (χ2n) is 5.21. The fourth-order valence-electron chi connectivity index (χ4n) is 1.38. The molecule has 2 aromatic heterocycles. The molecule has 0 fully saturated rings. The molecular formula is C10H18N8. The van der Waals surface area contributed by atoms with Gasteiger partial charge in [-0.1, -0.05) is 5.21 Å². The highest BCUT2D eigenvalue weighted by atomic mass is 15.6. The third kappa shape index (κ3) is 3.59. The predicted octanol–water partition coefficient (Wildman–Crippen LogP) is -0.262. The van der Waals surface area contributed by atoms with Crippen molar-refractivity contribution in [2.24, 2.45) is 7.05 Å². The third-order valence-corrected chi connectivity index (χ3v) is 2.24. The van der Waals surface area contributed by atoms with Crippen LogP contribution in [-0.2, 0) is 20.1 Å². The predicted molar refractivity (Wildman–Crippen MR) is 64.5 cm³/mol. The second-order valence-corrected chi connectivity index (χ2v) is 5.21. The lowest BCUT2D eigenvalue weighted by molar-refractivity contribution is 0.421. The summed E-state index contributed by atoms with van der Waals surface area (Å²) in [4.78, 5) is 1.42. The smallest absolute Gasteiger partial charge is 0.196 e. The van der Waals surface area contributed by atoms with Crippen LogP contribution in [-0.4, -0.2) is 40.7 Å². The van der Waals surface area contributed by atoms with Crippen LogP contribution in [0, 0.1) is 0 Å². The van der Waals surface area contributed by atoms with Crippen LogP contribution < -0.4 is 5.32 Å². The second kappa shape index (κ2) is 4.81. The highest BCUT2D eigenvalue weighted by molar-refractivity contribution is 4.94. The zero-order chi connectivity index (χ0) is 13.2. The van der Waals surface area contributed by atoms with Gasteiger partial charge in [-0.2, -0.15) is 4.80 Å². The van der Waals surface area contributed by atoms with E-state index >= 15 is 0 Å². The molecule has 2 heterocycles. The van der Waals surface area contributed by atoms with Gasteiger partial charge in [0, 0.05) is 12.1 Å². The maximum Gasteiger partial charge on any atom is 0.196 e. The van der Waals surface area contributed by atoms with Gasteiger partial charge in [0.15, 0.2) is 5.82 Å². The van der Waals surface area contributed by atoms with Crippen LogP contribution in [0.3, 0.4) is 0 Å². The Balaban J connectivity index is 1.94. The van der Waals surface area contributed by atoms with Crippen LogP contribution in [0.1, 0.15) is 32.3 Å². The molecule has 18 heavy (non-hydrogen) atoms. The van der Waals surface area contributed by atoms with E-state index in [4.69, 9.17) is 0 Å². The van der Waals surface area contributed by atoms with E-state index in [0.29, 0.717) is 18.9 Å². The van der Waals surface area contributed by atoms with Gasteiger partial charge in [0.1, 0.15) is 6.54 Å². The maximum absolute atomic E-state index is 4.09. The van der Waals surface area contributed by atoms with Gasteiger partial charge < -0.3 is 5.32 Å². The van der Waals surface area contributed by atoms with Gasteiger partial charge in [-0.15, -0.1) is 15.3 Å². The average Bonchev–Trinajstić information content (AvgIpc) is 2.85. The van der Waals surface area contributed by atoms with E-state index in [1.54, 1.807) is 11.7 Å². The molecular weight excluding hydrogens is 232 g/mol. The number of rotatable bonds is 4. The zero-order valence-corrected chi connectivity index (χ0v) is 11.1. The number of hydrogen-bond acceptors (Lipinski definition) is 6. The first-order valence-electron chi connectivity index (χ1n) is 5.79. The molecule has 0 aromatic carbocycles. The largest absolute Gasteiger partial charge is 0.306 e. The van der Waals surface area contributed by atoms with Crippen LogP contribution >= 0.6 is 0 Å². The summed E-state index contributed by atoms with van der Waals surface area (Å²) in [6, 6.07) is 0. The summed E-state index contributed by atoms with van der Waals surface area (Å²) in [5.74, 6) is 0.623. The van der Waals surface area contributed by atoms with Gasteiger partial charge >= 0.3 is 0 Å². The van der Waals surface area contributed by atoms with E-state index in [9.17, 15) is 0 Å². The minimum absolute atomic E-state index is 0.0657. The summed E-state index contributed by atoms with van der Waals surface area (Å²) in [7, 11) is 1.73. The summed E-state index contributed by atoms with van der Waals surface area (Å²) in [6.45, 7) is 7.51. The molecule has 0 saturated heterocycles. The number of hydrogen-bond donors (Lipinski definition) is 1. The molecule has 0 amide bonds. The fraction of sp³-hybridized carbons (Fsp3) is 0.700. The van der Waals surface area contributed by atoms with Crippen molar-refractivity contribution in [1.82, 2.24) is 40.5 Å². The van der Waals surface area contributed by atoms with Gasteiger partial charge in [0.05, 0.1) is 18.9 Å². The van der Waals surface area contributed by atoms with Crippen molar-refractivity contribution in [3.05, 3.63) is 17.7 Å². The molecule has 0 saturated carbocycles. The van der Waals surface area contributed by atoms with Crippen LogP contribution in [0.25, 0.3) is 0 Å². The molecule has 0 aliphatic rings. The van der Waals surface area contributed by atoms with Crippen molar-refractivity contribution in [2.75, 3.05) is 0 Å². The summed E-state index contributed by atoms with van der Waals surface area (Å²) in [5.41, 5.74) is 0.963. The van der Waals surface area contributed by atoms with Crippen LogP contribution in [0.15, 0.2) is 6.20 Å². The molecule has 1 N–H and O–H groups in total. The van der Waals surface area contributed by atoms with Crippen molar-refractivity contribution < 1.29 is 0 Å². The van der Waals surface area contributed by atoms with Crippen molar-refractivity contribution in [3.8, 4) is 0 Å². The highest BCUT2D eigenvalue weighted by Gasteiger charge is 2.10. The molecule has 2 aromatic rings. The molecule has 2 rings (SSSR count). The molecule has 0 spiro atoms. The Hall–Kier alpha value is -1.83. The Bertz CT molecular complexity index is 506. The zero-order valence-electron chi connectivity index (χ0n) is 11.1. The topological polar surface area (TPSA) is 86.3 Å². The molecule has 8 heteroatoms. The first-order chi connectivity index (χ1) is 8.42. The first kappa shape index (κ1) is 12.6. The normalized spacial score (nSPS) is 12.0. The molecule has 0 radical (unpaired) electrons. The van der Waals surface area contributed by atoms with E-state index < -0.39 is 0 Å². The lowest BCUT2D eigenvalue weighted by Crippen LogP contribution is -2.35. The number of aromatic nitrogens is 7. The minimum atomic E-state index is 0.0657. The van der Waals surface area contributed by atoms with E-state index in [2.05, 4.69) is 51.8 Å². The van der Waals surface area contributed by atoms with Crippen LogP contribution in [0.5, 0.6) is 0 Å². The van der Waals surface area contributed by atoms with E-state index in [0.717, 1.165) is 5.69 Å². The molecule has 0 unspecified atom stereocenters. The average molecular weight is 250 g/mol.